The molecule has 88 valence electrons. The Labute approximate surface area is 97.0 Å². The lowest BCUT2D eigenvalue weighted by Crippen LogP contribution is -2.29. The largest absolute Gasteiger partial charge is 0.388 e. The Hall–Kier alpha value is -2.37. The third-order valence-electron chi connectivity index (χ3n) is 2.33. The van der Waals surface area contributed by atoms with E-state index in [2.05, 4.69) is 15.3 Å². The molecule has 0 unspecified atom stereocenters. The quantitative estimate of drug-likeness (QED) is 0.782. The molecule has 2 N–H and O–H groups in total. The maximum atomic E-state index is 11.5. The SMILES string of the molecule is CNc1ccnc(Cn2ccc(=O)[nH]c2=O)c1. The average Bonchev–Trinajstić information content (AvgIpc) is 2.33. The van der Waals surface area contributed by atoms with Gasteiger partial charge in [0.2, 0.25) is 0 Å². The van der Waals surface area contributed by atoms with Crippen LogP contribution in [0.1, 0.15) is 5.69 Å². The number of pyridine rings is 1. The van der Waals surface area contributed by atoms with Gasteiger partial charge >= 0.3 is 5.69 Å². The zero-order valence-electron chi connectivity index (χ0n) is 9.30. The van der Waals surface area contributed by atoms with Crippen molar-refractivity contribution < 1.29 is 0 Å². The van der Waals surface area contributed by atoms with Gasteiger partial charge in [0.05, 0.1) is 12.2 Å². The van der Waals surface area contributed by atoms with Crippen LogP contribution in [0.15, 0.2) is 40.2 Å². The van der Waals surface area contributed by atoms with Crippen molar-refractivity contribution in [2.45, 2.75) is 6.54 Å². The topological polar surface area (TPSA) is 79.8 Å². The molecule has 0 saturated heterocycles. The van der Waals surface area contributed by atoms with Crippen LogP contribution in [0.5, 0.6) is 0 Å². The molecule has 6 nitrogen and oxygen atoms in total. The number of H-pyrrole nitrogens is 1. The molecule has 0 aliphatic carbocycles. The highest BCUT2D eigenvalue weighted by atomic mass is 16.2. The second-order valence-electron chi connectivity index (χ2n) is 3.52. The average molecular weight is 232 g/mol. The molecule has 2 rings (SSSR count). The van der Waals surface area contributed by atoms with Crippen LogP contribution in [0.25, 0.3) is 0 Å². The number of aromatic nitrogens is 3. The van der Waals surface area contributed by atoms with E-state index in [-0.39, 0.29) is 0 Å². The lowest BCUT2D eigenvalue weighted by molar-refractivity contribution is 0.705. The Morgan fingerprint density at radius 1 is 1.41 bits per heavy atom. The lowest BCUT2D eigenvalue weighted by Gasteiger charge is -2.05. The fourth-order valence-corrected chi connectivity index (χ4v) is 1.46. The molecule has 0 aliphatic heterocycles. The summed E-state index contributed by atoms with van der Waals surface area (Å²) in [7, 11) is 1.81. The van der Waals surface area contributed by atoms with Crippen LogP contribution in [0.2, 0.25) is 0 Å². The Bertz CT molecular complexity index is 630. The molecule has 0 fully saturated rings. The summed E-state index contributed by atoms with van der Waals surface area (Å²) in [5, 5.41) is 2.99. The highest BCUT2D eigenvalue weighted by Gasteiger charge is 2.00. The van der Waals surface area contributed by atoms with Crippen LogP contribution >= 0.6 is 0 Å². The van der Waals surface area contributed by atoms with Crippen LogP contribution in [-0.2, 0) is 6.54 Å². The van der Waals surface area contributed by atoms with Crippen LogP contribution in [-0.4, -0.2) is 21.6 Å². The minimum atomic E-state index is -0.436. The van der Waals surface area contributed by atoms with E-state index in [0.717, 1.165) is 11.4 Å². The Balaban J connectivity index is 2.31. The second kappa shape index (κ2) is 4.65. The third-order valence-corrected chi connectivity index (χ3v) is 2.33. The molecular weight excluding hydrogens is 220 g/mol. The number of aromatic amines is 1. The minimum Gasteiger partial charge on any atom is -0.388 e. The maximum Gasteiger partial charge on any atom is 0.328 e. The van der Waals surface area contributed by atoms with Crippen LogP contribution in [0.4, 0.5) is 5.69 Å². The Morgan fingerprint density at radius 2 is 2.24 bits per heavy atom. The Kier molecular flexibility index (Phi) is 3.04. The van der Waals surface area contributed by atoms with Crippen molar-refractivity contribution in [1.29, 1.82) is 0 Å². The van der Waals surface area contributed by atoms with Crippen molar-refractivity contribution in [3.8, 4) is 0 Å². The van der Waals surface area contributed by atoms with Gasteiger partial charge in [-0.2, -0.15) is 0 Å². The van der Waals surface area contributed by atoms with Gasteiger partial charge in [-0.1, -0.05) is 0 Å². The summed E-state index contributed by atoms with van der Waals surface area (Å²) in [6, 6.07) is 4.99. The number of hydrogen-bond donors (Lipinski definition) is 2. The van der Waals surface area contributed by atoms with Gasteiger partial charge in [0, 0.05) is 31.2 Å². The van der Waals surface area contributed by atoms with Gasteiger partial charge in [-0.3, -0.25) is 19.3 Å². The molecular formula is C11H12N4O2. The number of nitrogens with zero attached hydrogens (tertiary/aromatic N) is 2. The van der Waals surface area contributed by atoms with E-state index in [1.807, 2.05) is 19.2 Å². The summed E-state index contributed by atoms with van der Waals surface area (Å²) < 4.78 is 1.39. The lowest BCUT2D eigenvalue weighted by atomic mass is 10.3. The molecule has 0 amide bonds. The molecule has 0 aromatic carbocycles. The number of hydrogen-bond acceptors (Lipinski definition) is 4. The first-order chi connectivity index (χ1) is 8.19. The van der Waals surface area contributed by atoms with E-state index in [1.54, 1.807) is 6.20 Å². The molecule has 0 spiro atoms. The molecule has 2 heterocycles. The van der Waals surface area contributed by atoms with Gasteiger partial charge < -0.3 is 5.32 Å². The maximum absolute atomic E-state index is 11.5. The van der Waals surface area contributed by atoms with Gasteiger partial charge in [-0.05, 0) is 12.1 Å². The fraction of sp³-hybridized carbons (Fsp3) is 0.182. The molecule has 17 heavy (non-hydrogen) atoms. The summed E-state index contributed by atoms with van der Waals surface area (Å²) >= 11 is 0. The van der Waals surface area contributed by atoms with E-state index in [9.17, 15) is 9.59 Å². The van der Waals surface area contributed by atoms with Gasteiger partial charge in [-0.25, -0.2) is 4.79 Å². The van der Waals surface area contributed by atoms with Crippen LogP contribution in [0, 0.1) is 0 Å². The summed E-state index contributed by atoms with van der Waals surface area (Å²) in [6.07, 6.45) is 3.12. The van der Waals surface area contributed by atoms with Crippen molar-refractivity contribution in [2.75, 3.05) is 12.4 Å². The summed E-state index contributed by atoms with van der Waals surface area (Å²) in [5.41, 5.74) is 0.829. The minimum absolute atomic E-state index is 0.325. The molecule has 2 aromatic rings. The van der Waals surface area contributed by atoms with Gasteiger partial charge in [0.1, 0.15) is 0 Å². The third kappa shape index (κ3) is 2.60. The number of rotatable bonds is 3. The summed E-state index contributed by atoms with van der Waals surface area (Å²) in [6.45, 7) is 0.325. The fourth-order valence-electron chi connectivity index (χ4n) is 1.46. The smallest absolute Gasteiger partial charge is 0.328 e. The highest BCUT2D eigenvalue weighted by molar-refractivity contribution is 5.42. The predicted molar refractivity (Wildman–Crippen MR) is 64.2 cm³/mol. The summed E-state index contributed by atoms with van der Waals surface area (Å²) in [4.78, 5) is 28.7. The first kappa shape index (κ1) is 11.1. The van der Waals surface area contributed by atoms with Crippen LogP contribution < -0.4 is 16.6 Å². The Morgan fingerprint density at radius 3 is 2.94 bits per heavy atom. The zero-order valence-corrected chi connectivity index (χ0v) is 9.30. The molecule has 0 radical (unpaired) electrons. The van der Waals surface area contributed by atoms with Crippen molar-refractivity contribution in [3.63, 3.8) is 0 Å². The second-order valence-corrected chi connectivity index (χ2v) is 3.52. The van der Waals surface area contributed by atoms with Crippen molar-refractivity contribution in [1.82, 2.24) is 14.5 Å². The monoisotopic (exact) mass is 232 g/mol. The zero-order chi connectivity index (χ0) is 12.3. The predicted octanol–water partition coefficient (Wildman–Crippen LogP) is 0.0216. The van der Waals surface area contributed by atoms with E-state index < -0.39 is 11.2 Å². The van der Waals surface area contributed by atoms with E-state index in [1.165, 1.54) is 16.8 Å². The van der Waals surface area contributed by atoms with Crippen LogP contribution in [0.3, 0.4) is 0 Å². The van der Waals surface area contributed by atoms with Crippen molar-refractivity contribution in [2.24, 2.45) is 0 Å². The molecule has 0 saturated carbocycles. The van der Waals surface area contributed by atoms with E-state index >= 15 is 0 Å². The molecule has 0 aliphatic rings. The van der Waals surface area contributed by atoms with E-state index in [4.69, 9.17) is 0 Å². The number of anilines is 1. The van der Waals surface area contributed by atoms with Gasteiger partial charge in [0.15, 0.2) is 0 Å². The number of nitrogens with one attached hydrogen (secondary N) is 2. The first-order valence-electron chi connectivity index (χ1n) is 5.11. The molecule has 0 atom stereocenters. The molecule has 2 aromatic heterocycles. The molecule has 6 heteroatoms. The highest BCUT2D eigenvalue weighted by Crippen LogP contribution is 2.06. The summed E-state index contributed by atoms with van der Waals surface area (Å²) in [5.74, 6) is 0. The normalized spacial score (nSPS) is 10.2. The van der Waals surface area contributed by atoms with Crippen molar-refractivity contribution in [3.05, 3.63) is 57.1 Å². The van der Waals surface area contributed by atoms with Crippen molar-refractivity contribution >= 4 is 5.69 Å². The first-order valence-corrected chi connectivity index (χ1v) is 5.11. The van der Waals surface area contributed by atoms with Gasteiger partial charge in [0.25, 0.3) is 5.56 Å². The van der Waals surface area contributed by atoms with E-state index in [0.29, 0.717) is 6.54 Å². The van der Waals surface area contributed by atoms with Gasteiger partial charge in [-0.15, -0.1) is 0 Å². The standard InChI is InChI=1S/C11H12N4O2/c1-12-8-2-4-13-9(6-8)7-15-5-3-10(16)14-11(15)17/h2-6H,7H2,1H3,(H,12,13)(H,14,16,17). The molecule has 0 bridgehead atoms.